The minimum Gasteiger partial charge on any atom is -0.385 e. The van der Waals surface area contributed by atoms with Crippen molar-refractivity contribution in [1.82, 2.24) is 10.2 Å². The molecule has 0 aliphatic carbocycles. The fourth-order valence-electron chi connectivity index (χ4n) is 1.77. The Kier molecular flexibility index (Phi) is 3.70. The number of H-pyrrole nitrogens is 1. The van der Waals surface area contributed by atoms with Crippen LogP contribution in [0, 0.1) is 5.41 Å². The van der Waals surface area contributed by atoms with Gasteiger partial charge < -0.3 is 5.32 Å². The predicted octanol–water partition coefficient (Wildman–Crippen LogP) is 3.92. The van der Waals surface area contributed by atoms with Gasteiger partial charge >= 0.3 is 0 Å². The molecule has 0 amide bonds. The summed E-state index contributed by atoms with van der Waals surface area (Å²) in [7, 11) is 0. The Morgan fingerprint density at radius 2 is 1.83 bits per heavy atom. The van der Waals surface area contributed by atoms with E-state index in [1.165, 1.54) is 5.69 Å². The third-order valence-corrected chi connectivity index (χ3v) is 2.90. The van der Waals surface area contributed by atoms with Gasteiger partial charge in [-0.25, -0.2) is 0 Å². The van der Waals surface area contributed by atoms with Gasteiger partial charge in [-0.05, 0) is 35.6 Å². The summed E-state index contributed by atoms with van der Waals surface area (Å²) in [4.78, 5) is 0. The lowest BCUT2D eigenvalue weighted by atomic mass is 9.92. The number of anilines is 1. The van der Waals surface area contributed by atoms with Gasteiger partial charge in [-0.15, -0.1) is 0 Å². The summed E-state index contributed by atoms with van der Waals surface area (Å²) in [6.45, 7) is 7.79. The van der Waals surface area contributed by atoms with Crippen molar-refractivity contribution < 1.29 is 0 Å². The van der Waals surface area contributed by atoms with Crippen LogP contribution in [-0.4, -0.2) is 16.7 Å². The maximum absolute atomic E-state index is 3.96. The van der Waals surface area contributed by atoms with Gasteiger partial charge in [0.2, 0.25) is 0 Å². The van der Waals surface area contributed by atoms with Crippen LogP contribution in [0.2, 0.25) is 0 Å². The Balaban J connectivity index is 1.92. The molecule has 1 aromatic carbocycles. The average Bonchev–Trinajstić information content (AvgIpc) is 2.82. The second kappa shape index (κ2) is 5.25. The van der Waals surface area contributed by atoms with Crippen molar-refractivity contribution in [3.63, 3.8) is 0 Å². The van der Waals surface area contributed by atoms with Crippen molar-refractivity contribution in [2.75, 3.05) is 11.9 Å². The fourth-order valence-corrected chi connectivity index (χ4v) is 1.77. The second-order valence-electron chi connectivity index (χ2n) is 5.79. The normalized spacial score (nSPS) is 11.5. The molecule has 0 fully saturated rings. The van der Waals surface area contributed by atoms with E-state index in [1.54, 1.807) is 6.20 Å². The third kappa shape index (κ3) is 3.62. The number of nitrogens with one attached hydrogen (secondary N) is 2. The molecule has 2 aromatic rings. The number of benzene rings is 1. The van der Waals surface area contributed by atoms with Gasteiger partial charge in [0.15, 0.2) is 0 Å². The summed E-state index contributed by atoms with van der Waals surface area (Å²) in [5.74, 6) is 0. The molecule has 0 aliphatic heterocycles. The molecule has 3 nitrogen and oxygen atoms in total. The van der Waals surface area contributed by atoms with Crippen LogP contribution in [0.25, 0.3) is 11.3 Å². The molecule has 0 radical (unpaired) electrons. The van der Waals surface area contributed by atoms with E-state index in [-0.39, 0.29) is 0 Å². The number of aromatic amines is 1. The summed E-state index contributed by atoms with van der Waals surface area (Å²) >= 11 is 0. The first-order valence-corrected chi connectivity index (χ1v) is 6.38. The van der Waals surface area contributed by atoms with E-state index in [2.05, 4.69) is 60.6 Å². The van der Waals surface area contributed by atoms with E-state index >= 15 is 0 Å². The Bertz CT molecular complexity index is 463. The van der Waals surface area contributed by atoms with Gasteiger partial charge in [0, 0.05) is 18.4 Å². The maximum atomic E-state index is 3.96. The van der Waals surface area contributed by atoms with E-state index in [4.69, 9.17) is 0 Å². The first kappa shape index (κ1) is 12.7. The van der Waals surface area contributed by atoms with Crippen molar-refractivity contribution in [3.8, 4) is 11.3 Å². The molecule has 96 valence electrons. The lowest BCUT2D eigenvalue weighted by Crippen LogP contribution is -2.12. The Morgan fingerprint density at radius 1 is 1.11 bits per heavy atom. The van der Waals surface area contributed by atoms with Crippen LogP contribution in [0.5, 0.6) is 0 Å². The molecule has 18 heavy (non-hydrogen) atoms. The SMILES string of the molecule is CC(C)(C)CCNc1ccc(-c2ccn[nH]2)cc1. The largest absolute Gasteiger partial charge is 0.385 e. The van der Waals surface area contributed by atoms with Crippen LogP contribution >= 0.6 is 0 Å². The molecule has 0 spiro atoms. The fraction of sp³-hybridized carbons (Fsp3) is 0.400. The lowest BCUT2D eigenvalue weighted by Gasteiger charge is -2.18. The van der Waals surface area contributed by atoms with Crippen molar-refractivity contribution in [2.45, 2.75) is 27.2 Å². The molecule has 1 aromatic heterocycles. The minimum atomic E-state index is 0.378. The molecule has 2 rings (SSSR count). The molecule has 0 aliphatic rings. The average molecular weight is 243 g/mol. The highest BCUT2D eigenvalue weighted by molar-refractivity contribution is 5.62. The zero-order chi connectivity index (χ0) is 13.0. The van der Waals surface area contributed by atoms with Crippen molar-refractivity contribution in [1.29, 1.82) is 0 Å². The highest BCUT2D eigenvalue weighted by Crippen LogP contribution is 2.21. The Hall–Kier alpha value is -1.77. The van der Waals surface area contributed by atoms with Crippen LogP contribution in [0.1, 0.15) is 27.2 Å². The van der Waals surface area contributed by atoms with Gasteiger partial charge in [0.25, 0.3) is 0 Å². The number of nitrogens with zero attached hydrogens (tertiary/aromatic N) is 1. The number of rotatable bonds is 4. The van der Waals surface area contributed by atoms with Crippen molar-refractivity contribution in [2.24, 2.45) is 5.41 Å². The molecule has 0 atom stereocenters. The van der Waals surface area contributed by atoms with Crippen molar-refractivity contribution in [3.05, 3.63) is 36.5 Å². The zero-order valence-electron chi connectivity index (χ0n) is 11.3. The number of hydrogen-bond acceptors (Lipinski definition) is 2. The van der Waals surface area contributed by atoms with Gasteiger partial charge in [-0.3, -0.25) is 5.10 Å². The quantitative estimate of drug-likeness (QED) is 0.854. The van der Waals surface area contributed by atoms with E-state index in [9.17, 15) is 0 Å². The summed E-state index contributed by atoms with van der Waals surface area (Å²) in [5, 5.41) is 10.4. The van der Waals surface area contributed by atoms with E-state index in [0.29, 0.717) is 5.41 Å². The third-order valence-electron chi connectivity index (χ3n) is 2.90. The number of hydrogen-bond donors (Lipinski definition) is 2. The van der Waals surface area contributed by atoms with Gasteiger partial charge in [-0.2, -0.15) is 5.10 Å². The summed E-state index contributed by atoms with van der Waals surface area (Å²) in [5.41, 5.74) is 3.76. The molecular weight excluding hydrogens is 222 g/mol. The predicted molar refractivity (Wildman–Crippen MR) is 76.6 cm³/mol. The molecule has 3 heteroatoms. The van der Waals surface area contributed by atoms with Crippen LogP contribution in [0.4, 0.5) is 5.69 Å². The maximum Gasteiger partial charge on any atom is 0.0650 e. The summed E-state index contributed by atoms with van der Waals surface area (Å²) in [6.07, 6.45) is 2.93. The highest BCUT2D eigenvalue weighted by Gasteiger charge is 2.08. The monoisotopic (exact) mass is 243 g/mol. The first-order valence-electron chi connectivity index (χ1n) is 6.38. The van der Waals surface area contributed by atoms with Gasteiger partial charge in [-0.1, -0.05) is 32.9 Å². The van der Waals surface area contributed by atoms with Gasteiger partial charge in [0.1, 0.15) is 0 Å². The van der Waals surface area contributed by atoms with E-state index in [0.717, 1.165) is 24.2 Å². The highest BCUT2D eigenvalue weighted by atomic mass is 15.1. The first-order chi connectivity index (χ1) is 8.54. The smallest absolute Gasteiger partial charge is 0.0650 e. The molecule has 0 saturated carbocycles. The Morgan fingerprint density at radius 3 is 2.39 bits per heavy atom. The second-order valence-corrected chi connectivity index (χ2v) is 5.79. The van der Waals surface area contributed by atoms with Gasteiger partial charge in [0.05, 0.1) is 5.69 Å². The van der Waals surface area contributed by atoms with Crippen LogP contribution in [0.3, 0.4) is 0 Å². The van der Waals surface area contributed by atoms with Crippen LogP contribution < -0.4 is 5.32 Å². The molecule has 0 unspecified atom stereocenters. The Labute approximate surface area is 109 Å². The van der Waals surface area contributed by atoms with Crippen LogP contribution in [0.15, 0.2) is 36.5 Å². The summed E-state index contributed by atoms with van der Waals surface area (Å²) < 4.78 is 0. The minimum absolute atomic E-state index is 0.378. The van der Waals surface area contributed by atoms with Crippen LogP contribution in [-0.2, 0) is 0 Å². The molecular formula is C15H21N3. The zero-order valence-corrected chi connectivity index (χ0v) is 11.3. The van der Waals surface area contributed by atoms with Crippen molar-refractivity contribution >= 4 is 5.69 Å². The molecule has 0 bridgehead atoms. The standard InChI is InChI=1S/C15H21N3/c1-15(2,3)9-11-16-13-6-4-12(5-7-13)14-8-10-17-18-14/h4-8,10,16H,9,11H2,1-3H3,(H,17,18). The topological polar surface area (TPSA) is 40.7 Å². The lowest BCUT2D eigenvalue weighted by molar-refractivity contribution is 0.390. The van der Waals surface area contributed by atoms with E-state index < -0.39 is 0 Å². The summed E-state index contributed by atoms with van der Waals surface area (Å²) in [6, 6.07) is 10.4. The molecule has 2 N–H and O–H groups in total. The van der Waals surface area contributed by atoms with E-state index in [1.807, 2.05) is 6.07 Å². The number of aromatic nitrogens is 2. The molecule has 0 saturated heterocycles. The molecule has 1 heterocycles.